The molecule has 0 aliphatic carbocycles. The molecule has 3 aromatic rings. The average Bonchev–Trinajstić information content (AvgIpc) is 2.65. The van der Waals surface area contributed by atoms with E-state index in [4.69, 9.17) is 0 Å². The molecule has 5 nitrogen and oxygen atoms in total. The van der Waals surface area contributed by atoms with Gasteiger partial charge in [-0.05, 0) is 37.6 Å². The highest BCUT2D eigenvalue weighted by Gasteiger charge is 2.09. The maximum Gasteiger partial charge on any atom is 0.225 e. The molecule has 3 rings (SSSR count). The number of hydrogen-bond donors (Lipinski definition) is 3. The Morgan fingerprint density at radius 1 is 1.08 bits per heavy atom. The van der Waals surface area contributed by atoms with Crippen LogP contribution in [0.3, 0.4) is 0 Å². The number of nitrogens with one attached hydrogen (secondary N) is 2. The second kappa shape index (κ2) is 8.29. The molecule has 0 aliphatic heterocycles. The number of aryl methyl sites for hydroxylation is 1. The summed E-state index contributed by atoms with van der Waals surface area (Å²) >= 11 is 3.52. The molecular weight excluding hydrogens is 392 g/mol. The number of anilines is 3. The number of hydrogen-bond acceptors (Lipinski definition) is 5. The summed E-state index contributed by atoms with van der Waals surface area (Å²) in [5.74, 6) is 1.16. The molecule has 0 bridgehead atoms. The van der Waals surface area contributed by atoms with Crippen molar-refractivity contribution in [3.63, 3.8) is 0 Å². The van der Waals surface area contributed by atoms with Gasteiger partial charge in [-0.1, -0.05) is 46.3 Å². The molecule has 1 aromatic heterocycles. The number of nitrogens with zero attached hydrogens (tertiary/aromatic N) is 2. The third-order valence-corrected chi connectivity index (χ3v) is 4.77. The lowest BCUT2D eigenvalue weighted by Crippen LogP contribution is -2.21. The van der Waals surface area contributed by atoms with Gasteiger partial charge in [-0.15, -0.1) is 0 Å². The molecule has 6 heteroatoms. The van der Waals surface area contributed by atoms with Gasteiger partial charge in [-0.2, -0.15) is 4.98 Å². The second-order valence-corrected chi connectivity index (χ2v) is 7.00. The van der Waals surface area contributed by atoms with Crippen LogP contribution in [0.2, 0.25) is 0 Å². The van der Waals surface area contributed by atoms with Crippen molar-refractivity contribution in [1.29, 1.82) is 0 Å². The van der Waals surface area contributed by atoms with E-state index in [0.717, 1.165) is 27.0 Å². The SMILES string of the molecule is Cc1cc(Nc2cc(-c3ccccc3)nc(N[C@H](C)CO)n2)ccc1Br. The summed E-state index contributed by atoms with van der Waals surface area (Å²) < 4.78 is 1.06. The first-order valence-corrected chi connectivity index (χ1v) is 9.19. The molecule has 26 heavy (non-hydrogen) atoms. The molecule has 0 radical (unpaired) electrons. The molecule has 1 heterocycles. The number of aromatic nitrogens is 2. The minimum atomic E-state index is -0.135. The van der Waals surface area contributed by atoms with E-state index in [2.05, 4.69) is 42.6 Å². The molecule has 3 N–H and O–H groups in total. The van der Waals surface area contributed by atoms with Gasteiger partial charge >= 0.3 is 0 Å². The molecule has 1 atom stereocenters. The van der Waals surface area contributed by atoms with Gasteiger partial charge in [-0.3, -0.25) is 0 Å². The van der Waals surface area contributed by atoms with Crippen LogP contribution in [-0.4, -0.2) is 27.7 Å². The summed E-state index contributed by atoms with van der Waals surface area (Å²) in [6.45, 7) is 3.93. The van der Waals surface area contributed by atoms with E-state index in [1.165, 1.54) is 0 Å². The number of aliphatic hydroxyl groups is 1. The van der Waals surface area contributed by atoms with Gasteiger partial charge in [-0.25, -0.2) is 4.98 Å². The minimum absolute atomic E-state index is 0.00753. The lowest BCUT2D eigenvalue weighted by molar-refractivity contribution is 0.281. The smallest absolute Gasteiger partial charge is 0.225 e. The monoisotopic (exact) mass is 412 g/mol. The molecule has 0 fully saturated rings. The lowest BCUT2D eigenvalue weighted by atomic mass is 10.1. The Morgan fingerprint density at radius 3 is 2.54 bits per heavy atom. The Morgan fingerprint density at radius 2 is 1.85 bits per heavy atom. The summed E-state index contributed by atoms with van der Waals surface area (Å²) in [5, 5.41) is 15.8. The summed E-state index contributed by atoms with van der Waals surface area (Å²) in [5.41, 5.74) is 3.90. The Bertz CT molecular complexity index is 886. The molecule has 0 unspecified atom stereocenters. The van der Waals surface area contributed by atoms with Crippen molar-refractivity contribution < 1.29 is 5.11 Å². The third kappa shape index (κ3) is 4.59. The summed E-state index contributed by atoms with van der Waals surface area (Å²) in [6, 6.07) is 17.8. The van der Waals surface area contributed by atoms with Crippen LogP contribution >= 0.6 is 15.9 Å². The average molecular weight is 413 g/mol. The predicted molar refractivity (Wildman–Crippen MR) is 110 cm³/mol. The largest absolute Gasteiger partial charge is 0.394 e. The summed E-state index contributed by atoms with van der Waals surface area (Å²) in [7, 11) is 0. The number of rotatable bonds is 6. The normalized spacial score (nSPS) is 11.8. The van der Waals surface area contributed by atoms with Crippen molar-refractivity contribution in [2.45, 2.75) is 19.9 Å². The lowest BCUT2D eigenvalue weighted by Gasteiger charge is -2.14. The Balaban J connectivity index is 1.97. The van der Waals surface area contributed by atoms with Crippen molar-refractivity contribution in [3.05, 3.63) is 64.6 Å². The molecule has 134 valence electrons. The van der Waals surface area contributed by atoms with Crippen molar-refractivity contribution in [2.75, 3.05) is 17.2 Å². The number of halogens is 1. The highest BCUT2D eigenvalue weighted by atomic mass is 79.9. The van der Waals surface area contributed by atoms with Crippen molar-refractivity contribution in [1.82, 2.24) is 9.97 Å². The first-order chi connectivity index (χ1) is 12.5. The van der Waals surface area contributed by atoms with Crippen molar-refractivity contribution >= 4 is 33.4 Å². The standard InChI is InChI=1S/C20H21BrN4O/c1-13-10-16(8-9-17(13)21)23-19-11-18(15-6-4-3-5-7-15)24-20(25-19)22-14(2)12-26/h3-11,14,26H,12H2,1-2H3,(H2,22,23,24,25)/t14-/m1/s1. The van der Waals surface area contributed by atoms with E-state index in [9.17, 15) is 5.11 Å². The van der Waals surface area contributed by atoms with Gasteiger partial charge in [0.15, 0.2) is 0 Å². The summed E-state index contributed by atoms with van der Waals surface area (Å²) in [4.78, 5) is 9.12. The molecule has 0 aliphatic rings. The fourth-order valence-corrected chi connectivity index (χ4v) is 2.72. The first kappa shape index (κ1) is 18.4. The van der Waals surface area contributed by atoms with Crippen LogP contribution in [0.4, 0.5) is 17.5 Å². The van der Waals surface area contributed by atoms with Gasteiger partial charge in [0, 0.05) is 27.8 Å². The van der Waals surface area contributed by atoms with Crippen LogP contribution in [-0.2, 0) is 0 Å². The van der Waals surface area contributed by atoms with E-state index in [1.54, 1.807) is 0 Å². The number of aliphatic hydroxyl groups excluding tert-OH is 1. The van der Waals surface area contributed by atoms with Crippen LogP contribution < -0.4 is 10.6 Å². The van der Waals surface area contributed by atoms with E-state index < -0.39 is 0 Å². The van der Waals surface area contributed by atoms with Crippen LogP contribution in [0.25, 0.3) is 11.3 Å². The highest BCUT2D eigenvalue weighted by Crippen LogP contribution is 2.26. The first-order valence-electron chi connectivity index (χ1n) is 8.40. The Hall–Kier alpha value is -2.44. The van der Waals surface area contributed by atoms with E-state index in [-0.39, 0.29) is 12.6 Å². The quantitative estimate of drug-likeness (QED) is 0.544. The predicted octanol–water partition coefficient (Wildman–Crippen LogP) is 4.75. The van der Waals surface area contributed by atoms with Crippen molar-refractivity contribution in [2.24, 2.45) is 0 Å². The maximum atomic E-state index is 9.31. The van der Waals surface area contributed by atoms with Crippen LogP contribution in [0.1, 0.15) is 12.5 Å². The van der Waals surface area contributed by atoms with Crippen LogP contribution in [0.5, 0.6) is 0 Å². The third-order valence-electron chi connectivity index (χ3n) is 3.88. The minimum Gasteiger partial charge on any atom is -0.394 e. The zero-order chi connectivity index (χ0) is 18.5. The van der Waals surface area contributed by atoms with Gasteiger partial charge < -0.3 is 15.7 Å². The molecule has 0 saturated heterocycles. The summed E-state index contributed by atoms with van der Waals surface area (Å²) in [6.07, 6.45) is 0. The molecular formula is C20H21BrN4O. The van der Waals surface area contributed by atoms with Crippen LogP contribution in [0, 0.1) is 6.92 Å². The fraction of sp³-hybridized carbons (Fsp3) is 0.200. The molecule has 0 saturated carbocycles. The highest BCUT2D eigenvalue weighted by molar-refractivity contribution is 9.10. The Labute approximate surface area is 161 Å². The van der Waals surface area contributed by atoms with E-state index >= 15 is 0 Å². The zero-order valence-corrected chi connectivity index (χ0v) is 16.3. The topological polar surface area (TPSA) is 70.1 Å². The van der Waals surface area contributed by atoms with Gasteiger partial charge in [0.05, 0.1) is 12.3 Å². The van der Waals surface area contributed by atoms with Crippen LogP contribution in [0.15, 0.2) is 59.1 Å². The van der Waals surface area contributed by atoms with Crippen molar-refractivity contribution in [3.8, 4) is 11.3 Å². The second-order valence-electron chi connectivity index (χ2n) is 6.14. The molecule has 0 spiro atoms. The van der Waals surface area contributed by atoms with E-state index in [1.807, 2.05) is 62.4 Å². The Kier molecular flexibility index (Phi) is 5.85. The number of benzene rings is 2. The molecule has 0 amide bonds. The maximum absolute atomic E-state index is 9.31. The zero-order valence-electron chi connectivity index (χ0n) is 14.7. The van der Waals surface area contributed by atoms with Gasteiger partial charge in [0.1, 0.15) is 5.82 Å². The van der Waals surface area contributed by atoms with Gasteiger partial charge in [0.2, 0.25) is 5.95 Å². The molecule has 2 aromatic carbocycles. The van der Waals surface area contributed by atoms with E-state index in [0.29, 0.717) is 11.8 Å². The fourth-order valence-electron chi connectivity index (χ4n) is 2.47. The van der Waals surface area contributed by atoms with Gasteiger partial charge in [0.25, 0.3) is 0 Å².